The molecule has 1 fully saturated rings. The van der Waals surface area contributed by atoms with Crippen molar-refractivity contribution in [1.29, 1.82) is 0 Å². The summed E-state index contributed by atoms with van der Waals surface area (Å²) in [6.45, 7) is 2.59. The molecule has 4 nitrogen and oxygen atoms in total. The van der Waals surface area contributed by atoms with Crippen LogP contribution in [-0.2, 0) is 14.3 Å². The minimum atomic E-state index is -0.525. The van der Waals surface area contributed by atoms with Gasteiger partial charge in [-0.05, 0) is 19.1 Å². The van der Waals surface area contributed by atoms with E-state index in [0.29, 0.717) is 13.2 Å². The molecule has 0 atom stereocenters. The average molecular weight is 236 g/mol. The molecule has 1 heterocycles. The SMILES string of the molecule is COc1ccc(C2OCC(C)(C=O)CO2)cc1. The number of benzene rings is 1. The lowest BCUT2D eigenvalue weighted by molar-refractivity contribution is -0.223. The molecule has 1 aromatic rings. The first-order valence-corrected chi connectivity index (χ1v) is 5.50. The second kappa shape index (κ2) is 4.85. The molecule has 0 amide bonds. The summed E-state index contributed by atoms with van der Waals surface area (Å²) < 4.78 is 16.2. The van der Waals surface area contributed by atoms with Crippen molar-refractivity contribution < 1.29 is 19.0 Å². The fraction of sp³-hybridized carbons (Fsp3) is 0.462. The highest BCUT2D eigenvalue weighted by molar-refractivity contribution is 5.59. The second-order valence-corrected chi connectivity index (χ2v) is 4.50. The largest absolute Gasteiger partial charge is 0.497 e. The standard InChI is InChI=1S/C13H16O4/c1-13(7-14)8-16-12(17-9-13)10-3-5-11(15-2)6-4-10/h3-7,12H,8-9H2,1-2H3. The van der Waals surface area contributed by atoms with Crippen molar-refractivity contribution >= 4 is 6.29 Å². The van der Waals surface area contributed by atoms with Crippen LogP contribution in [-0.4, -0.2) is 26.6 Å². The highest BCUT2D eigenvalue weighted by Crippen LogP contribution is 2.30. The van der Waals surface area contributed by atoms with Crippen molar-refractivity contribution in [2.24, 2.45) is 5.41 Å². The predicted molar refractivity (Wildman–Crippen MR) is 61.8 cm³/mol. The second-order valence-electron chi connectivity index (χ2n) is 4.50. The third-order valence-electron chi connectivity index (χ3n) is 2.80. The summed E-state index contributed by atoms with van der Waals surface area (Å²) in [6.07, 6.45) is 0.492. The van der Waals surface area contributed by atoms with Gasteiger partial charge in [0, 0.05) is 5.56 Å². The zero-order valence-electron chi connectivity index (χ0n) is 10.0. The molecule has 0 radical (unpaired) electrons. The van der Waals surface area contributed by atoms with Gasteiger partial charge in [-0.25, -0.2) is 0 Å². The van der Waals surface area contributed by atoms with E-state index in [4.69, 9.17) is 14.2 Å². The van der Waals surface area contributed by atoms with Gasteiger partial charge in [-0.3, -0.25) is 0 Å². The van der Waals surface area contributed by atoms with Crippen LogP contribution in [0.25, 0.3) is 0 Å². The first kappa shape index (κ1) is 12.1. The third-order valence-corrected chi connectivity index (χ3v) is 2.80. The minimum absolute atomic E-state index is 0.382. The minimum Gasteiger partial charge on any atom is -0.497 e. The Morgan fingerprint density at radius 2 is 1.88 bits per heavy atom. The molecule has 1 saturated heterocycles. The maximum absolute atomic E-state index is 10.8. The molecule has 0 saturated carbocycles. The van der Waals surface area contributed by atoms with Crippen LogP contribution in [0.5, 0.6) is 5.75 Å². The smallest absolute Gasteiger partial charge is 0.183 e. The highest BCUT2D eigenvalue weighted by Gasteiger charge is 2.32. The van der Waals surface area contributed by atoms with Crippen LogP contribution < -0.4 is 4.74 Å². The van der Waals surface area contributed by atoms with Gasteiger partial charge in [-0.2, -0.15) is 0 Å². The fourth-order valence-corrected chi connectivity index (χ4v) is 1.64. The lowest BCUT2D eigenvalue weighted by Gasteiger charge is -2.33. The van der Waals surface area contributed by atoms with Crippen molar-refractivity contribution in [3.05, 3.63) is 29.8 Å². The molecule has 0 unspecified atom stereocenters. The van der Waals surface area contributed by atoms with Crippen molar-refractivity contribution in [2.75, 3.05) is 20.3 Å². The van der Waals surface area contributed by atoms with E-state index in [1.165, 1.54) is 0 Å². The third kappa shape index (κ3) is 2.65. The molecule has 0 bridgehead atoms. The Morgan fingerprint density at radius 1 is 1.29 bits per heavy atom. The monoisotopic (exact) mass is 236 g/mol. The molecule has 17 heavy (non-hydrogen) atoms. The first-order chi connectivity index (χ1) is 8.17. The van der Waals surface area contributed by atoms with Crippen molar-refractivity contribution in [1.82, 2.24) is 0 Å². The number of hydrogen-bond acceptors (Lipinski definition) is 4. The van der Waals surface area contributed by atoms with E-state index < -0.39 is 11.7 Å². The van der Waals surface area contributed by atoms with Gasteiger partial charge in [0.1, 0.15) is 12.0 Å². The average Bonchev–Trinajstić information content (AvgIpc) is 2.40. The van der Waals surface area contributed by atoms with Gasteiger partial charge in [-0.15, -0.1) is 0 Å². The summed E-state index contributed by atoms with van der Waals surface area (Å²) in [4.78, 5) is 10.8. The van der Waals surface area contributed by atoms with Gasteiger partial charge >= 0.3 is 0 Å². The number of hydrogen-bond donors (Lipinski definition) is 0. The molecule has 92 valence electrons. The predicted octanol–water partition coefficient (Wildman–Crippen LogP) is 1.95. The molecule has 2 rings (SSSR count). The van der Waals surface area contributed by atoms with Crippen molar-refractivity contribution in [3.8, 4) is 5.75 Å². The summed E-state index contributed by atoms with van der Waals surface area (Å²) in [5.41, 5.74) is 0.405. The van der Waals surface area contributed by atoms with E-state index in [9.17, 15) is 4.79 Å². The van der Waals surface area contributed by atoms with E-state index in [1.807, 2.05) is 31.2 Å². The summed E-state index contributed by atoms with van der Waals surface area (Å²) in [7, 11) is 1.62. The summed E-state index contributed by atoms with van der Waals surface area (Å²) in [6, 6.07) is 7.51. The summed E-state index contributed by atoms with van der Waals surface area (Å²) >= 11 is 0. The number of carbonyl (C=O) groups is 1. The van der Waals surface area contributed by atoms with Crippen LogP contribution in [0.1, 0.15) is 18.8 Å². The van der Waals surface area contributed by atoms with Crippen LogP contribution in [0.2, 0.25) is 0 Å². The Hall–Kier alpha value is -1.39. The quantitative estimate of drug-likeness (QED) is 0.752. The van der Waals surface area contributed by atoms with Crippen LogP contribution in [0.3, 0.4) is 0 Å². The van der Waals surface area contributed by atoms with E-state index in [-0.39, 0.29) is 0 Å². The molecule has 1 aromatic carbocycles. The number of carbonyl (C=O) groups excluding carboxylic acids is 1. The molecule has 4 heteroatoms. The van der Waals surface area contributed by atoms with E-state index in [2.05, 4.69) is 0 Å². The summed E-state index contributed by atoms with van der Waals surface area (Å²) in [5.74, 6) is 0.794. The zero-order valence-corrected chi connectivity index (χ0v) is 10.0. The highest BCUT2D eigenvalue weighted by atomic mass is 16.7. The Morgan fingerprint density at radius 3 is 2.35 bits per heavy atom. The van der Waals surface area contributed by atoms with E-state index in [0.717, 1.165) is 17.6 Å². The number of aldehydes is 1. The molecule has 0 aromatic heterocycles. The molecular weight excluding hydrogens is 220 g/mol. The molecule has 0 aliphatic carbocycles. The molecule has 1 aliphatic heterocycles. The van der Waals surface area contributed by atoms with Gasteiger partial charge in [0.25, 0.3) is 0 Å². The maximum atomic E-state index is 10.8. The van der Waals surface area contributed by atoms with Crippen LogP contribution in [0, 0.1) is 5.41 Å². The van der Waals surface area contributed by atoms with Crippen LogP contribution in [0.4, 0.5) is 0 Å². The van der Waals surface area contributed by atoms with Gasteiger partial charge in [0.2, 0.25) is 0 Å². The topological polar surface area (TPSA) is 44.8 Å². The van der Waals surface area contributed by atoms with Crippen molar-refractivity contribution in [3.63, 3.8) is 0 Å². The van der Waals surface area contributed by atoms with Gasteiger partial charge < -0.3 is 19.0 Å². The van der Waals surface area contributed by atoms with Crippen LogP contribution >= 0.6 is 0 Å². The number of ether oxygens (including phenoxy) is 3. The summed E-state index contributed by atoms with van der Waals surface area (Å²) in [5, 5.41) is 0. The molecule has 0 spiro atoms. The molecule has 0 N–H and O–H groups in total. The lowest BCUT2D eigenvalue weighted by Crippen LogP contribution is -2.37. The van der Waals surface area contributed by atoms with Gasteiger partial charge in [-0.1, -0.05) is 12.1 Å². The lowest BCUT2D eigenvalue weighted by atomic mass is 9.94. The van der Waals surface area contributed by atoms with Gasteiger partial charge in [0.15, 0.2) is 6.29 Å². The van der Waals surface area contributed by atoms with Gasteiger partial charge in [0.05, 0.1) is 25.7 Å². The number of methoxy groups -OCH3 is 1. The maximum Gasteiger partial charge on any atom is 0.183 e. The zero-order chi connectivity index (χ0) is 12.3. The Bertz CT molecular complexity index is 377. The van der Waals surface area contributed by atoms with E-state index in [1.54, 1.807) is 7.11 Å². The Balaban J connectivity index is 2.02. The molecular formula is C13H16O4. The number of rotatable bonds is 3. The van der Waals surface area contributed by atoms with Crippen LogP contribution in [0.15, 0.2) is 24.3 Å². The van der Waals surface area contributed by atoms with E-state index >= 15 is 0 Å². The first-order valence-electron chi connectivity index (χ1n) is 5.50. The fourth-order valence-electron chi connectivity index (χ4n) is 1.64. The Kier molecular flexibility index (Phi) is 3.45. The molecule has 1 aliphatic rings. The normalized spacial score (nSPS) is 28.7. The Labute approximate surface area is 100 Å². The van der Waals surface area contributed by atoms with Crippen molar-refractivity contribution in [2.45, 2.75) is 13.2 Å².